The van der Waals surface area contributed by atoms with E-state index in [2.05, 4.69) is 23.6 Å². The van der Waals surface area contributed by atoms with Crippen LogP contribution in [0.25, 0.3) is 0 Å². The molecule has 1 aromatic carbocycles. The molecule has 0 bridgehead atoms. The van der Waals surface area contributed by atoms with Gasteiger partial charge in [-0.25, -0.2) is 4.99 Å². The molecule has 6 heteroatoms. The molecule has 156 valence electrons. The Bertz CT molecular complexity index is 636. The van der Waals surface area contributed by atoms with Crippen LogP contribution in [0.15, 0.2) is 23.2 Å². The average molecular weight is 390 g/mol. The minimum Gasteiger partial charge on any atom is -0.490 e. The Balaban J connectivity index is 1.67. The summed E-state index contributed by atoms with van der Waals surface area (Å²) in [5, 5.41) is 16.4. The van der Waals surface area contributed by atoms with Gasteiger partial charge >= 0.3 is 0 Å². The largest absolute Gasteiger partial charge is 0.490 e. The first kappa shape index (κ1) is 20.8. The van der Waals surface area contributed by atoms with Gasteiger partial charge in [-0.3, -0.25) is 0 Å². The van der Waals surface area contributed by atoms with Crippen molar-refractivity contribution in [1.29, 1.82) is 0 Å². The Morgan fingerprint density at radius 2 is 1.93 bits per heavy atom. The van der Waals surface area contributed by atoms with E-state index in [1.54, 1.807) is 0 Å². The van der Waals surface area contributed by atoms with E-state index in [1.807, 2.05) is 12.1 Å². The number of aliphatic hydroxyl groups is 1. The monoisotopic (exact) mass is 389 g/mol. The number of nitrogens with zero attached hydrogens (tertiary/aromatic N) is 1. The number of ether oxygens (including phenoxy) is 2. The lowest BCUT2D eigenvalue weighted by atomic mass is 9.72. The van der Waals surface area contributed by atoms with Gasteiger partial charge in [0, 0.05) is 31.7 Å². The van der Waals surface area contributed by atoms with Crippen LogP contribution in [-0.4, -0.2) is 44.0 Å². The molecule has 1 fully saturated rings. The summed E-state index contributed by atoms with van der Waals surface area (Å²) in [5.74, 6) is 2.45. The van der Waals surface area contributed by atoms with Gasteiger partial charge in [-0.15, -0.1) is 0 Å². The third-order valence-corrected chi connectivity index (χ3v) is 5.79. The molecule has 0 unspecified atom stereocenters. The Hall–Kier alpha value is -1.95. The van der Waals surface area contributed by atoms with E-state index >= 15 is 0 Å². The molecule has 1 saturated carbocycles. The third-order valence-electron chi connectivity index (χ3n) is 5.79. The highest BCUT2D eigenvalue weighted by Gasteiger charge is 2.31. The molecule has 0 aromatic heterocycles. The predicted octanol–water partition coefficient (Wildman–Crippen LogP) is 3.24. The zero-order chi connectivity index (χ0) is 19.7. The van der Waals surface area contributed by atoms with E-state index < -0.39 is 0 Å². The standard InChI is InChI=1S/C22H35N3O3/c1-2-23-21(25-17-22(12-13-26)10-4-3-5-11-22)24-16-18-8-6-9-19-20(18)28-15-7-14-27-19/h6,8-9,26H,2-5,7,10-17H2,1H3,(H2,23,24,25). The number of fused-ring (bicyclic) bond motifs is 1. The van der Waals surface area contributed by atoms with Crippen LogP contribution in [0, 0.1) is 5.41 Å². The molecule has 0 amide bonds. The minimum atomic E-state index is 0.184. The van der Waals surface area contributed by atoms with Gasteiger partial charge in [0.2, 0.25) is 0 Å². The molecule has 0 spiro atoms. The summed E-state index contributed by atoms with van der Waals surface area (Å²) in [4.78, 5) is 4.79. The van der Waals surface area contributed by atoms with Gasteiger partial charge in [-0.2, -0.15) is 0 Å². The SMILES string of the molecule is CCNC(=NCc1cccc2c1OCCCO2)NCC1(CCO)CCCCC1. The molecule has 1 heterocycles. The number of hydrogen-bond donors (Lipinski definition) is 3. The maximum Gasteiger partial charge on any atom is 0.191 e. The minimum absolute atomic E-state index is 0.184. The fraction of sp³-hybridized carbons (Fsp3) is 0.682. The van der Waals surface area contributed by atoms with Crippen molar-refractivity contribution in [2.75, 3.05) is 32.9 Å². The van der Waals surface area contributed by atoms with Crippen molar-refractivity contribution in [1.82, 2.24) is 10.6 Å². The van der Waals surface area contributed by atoms with E-state index in [9.17, 15) is 5.11 Å². The molecule has 0 radical (unpaired) electrons. The van der Waals surface area contributed by atoms with Crippen molar-refractivity contribution in [2.45, 2.75) is 58.4 Å². The number of aliphatic imine (C=N–C) groups is 1. The van der Waals surface area contributed by atoms with Gasteiger partial charge in [0.1, 0.15) is 0 Å². The van der Waals surface area contributed by atoms with Crippen LogP contribution in [0.3, 0.4) is 0 Å². The molecular formula is C22H35N3O3. The van der Waals surface area contributed by atoms with Gasteiger partial charge in [0.05, 0.1) is 19.8 Å². The second-order valence-electron chi connectivity index (χ2n) is 7.88. The lowest BCUT2D eigenvalue weighted by molar-refractivity contribution is 0.131. The topological polar surface area (TPSA) is 75.1 Å². The normalized spacial score (nSPS) is 19.0. The lowest BCUT2D eigenvalue weighted by Gasteiger charge is -2.37. The maximum absolute atomic E-state index is 9.54. The first-order valence-electron chi connectivity index (χ1n) is 10.8. The van der Waals surface area contributed by atoms with E-state index in [4.69, 9.17) is 14.5 Å². The molecule has 6 nitrogen and oxygen atoms in total. The highest BCUT2D eigenvalue weighted by atomic mass is 16.5. The second-order valence-corrected chi connectivity index (χ2v) is 7.88. The Morgan fingerprint density at radius 1 is 1.11 bits per heavy atom. The third kappa shape index (κ3) is 5.53. The number of rotatable bonds is 7. The molecule has 28 heavy (non-hydrogen) atoms. The van der Waals surface area contributed by atoms with E-state index in [1.165, 1.54) is 32.1 Å². The molecule has 1 aliphatic carbocycles. The van der Waals surface area contributed by atoms with Crippen LogP contribution < -0.4 is 20.1 Å². The zero-order valence-corrected chi connectivity index (χ0v) is 17.1. The zero-order valence-electron chi connectivity index (χ0n) is 17.1. The Labute approximate surface area is 168 Å². The van der Waals surface area contributed by atoms with Crippen LogP contribution >= 0.6 is 0 Å². The smallest absolute Gasteiger partial charge is 0.191 e. The van der Waals surface area contributed by atoms with E-state index in [-0.39, 0.29) is 12.0 Å². The van der Waals surface area contributed by atoms with Crippen molar-refractivity contribution in [3.05, 3.63) is 23.8 Å². The summed E-state index contributed by atoms with van der Waals surface area (Å²) >= 11 is 0. The number of nitrogens with one attached hydrogen (secondary N) is 2. The van der Waals surface area contributed by atoms with E-state index in [0.717, 1.165) is 49.0 Å². The number of aliphatic hydroxyl groups excluding tert-OH is 1. The molecule has 0 atom stereocenters. The van der Waals surface area contributed by atoms with E-state index in [0.29, 0.717) is 19.8 Å². The van der Waals surface area contributed by atoms with Gasteiger partial charge in [-0.1, -0.05) is 31.4 Å². The van der Waals surface area contributed by atoms with Crippen LogP contribution in [0.4, 0.5) is 0 Å². The molecule has 0 saturated heterocycles. The van der Waals surface area contributed by atoms with Crippen LogP contribution in [0.2, 0.25) is 0 Å². The van der Waals surface area contributed by atoms with Crippen molar-refractivity contribution >= 4 is 5.96 Å². The first-order chi connectivity index (χ1) is 13.8. The van der Waals surface area contributed by atoms with Crippen molar-refractivity contribution in [3.63, 3.8) is 0 Å². The molecular weight excluding hydrogens is 354 g/mol. The summed E-state index contributed by atoms with van der Waals surface area (Å²) in [6.07, 6.45) is 7.92. The number of benzene rings is 1. The number of guanidine groups is 1. The predicted molar refractivity (Wildman–Crippen MR) is 112 cm³/mol. The lowest BCUT2D eigenvalue weighted by Crippen LogP contribution is -2.44. The molecule has 1 aromatic rings. The Kier molecular flexibility index (Phi) is 7.83. The highest BCUT2D eigenvalue weighted by molar-refractivity contribution is 5.79. The quantitative estimate of drug-likeness (QED) is 0.493. The summed E-state index contributed by atoms with van der Waals surface area (Å²) in [7, 11) is 0. The van der Waals surface area contributed by atoms with Crippen molar-refractivity contribution < 1.29 is 14.6 Å². The highest BCUT2D eigenvalue weighted by Crippen LogP contribution is 2.38. The van der Waals surface area contributed by atoms with Gasteiger partial charge in [-0.05, 0) is 37.7 Å². The summed E-state index contributed by atoms with van der Waals surface area (Å²) < 4.78 is 11.7. The van der Waals surface area contributed by atoms with Gasteiger partial charge < -0.3 is 25.2 Å². The van der Waals surface area contributed by atoms with Crippen LogP contribution in [0.5, 0.6) is 11.5 Å². The average Bonchev–Trinajstić information content (AvgIpc) is 2.97. The summed E-state index contributed by atoms with van der Waals surface area (Å²) in [6.45, 7) is 5.90. The number of para-hydroxylation sites is 1. The molecule has 2 aliphatic rings. The van der Waals surface area contributed by atoms with Crippen molar-refractivity contribution in [2.24, 2.45) is 10.4 Å². The van der Waals surface area contributed by atoms with Gasteiger partial charge in [0.25, 0.3) is 0 Å². The van der Waals surface area contributed by atoms with Crippen LogP contribution in [0.1, 0.15) is 57.4 Å². The number of hydrogen-bond acceptors (Lipinski definition) is 4. The molecule has 3 rings (SSSR count). The van der Waals surface area contributed by atoms with Crippen molar-refractivity contribution in [3.8, 4) is 11.5 Å². The fourth-order valence-electron chi connectivity index (χ4n) is 4.21. The summed E-state index contributed by atoms with van der Waals surface area (Å²) in [6, 6.07) is 6.00. The van der Waals surface area contributed by atoms with Crippen LogP contribution in [-0.2, 0) is 6.54 Å². The van der Waals surface area contributed by atoms with Gasteiger partial charge in [0.15, 0.2) is 17.5 Å². The Morgan fingerprint density at radius 3 is 2.71 bits per heavy atom. The molecule has 3 N–H and O–H groups in total. The molecule has 1 aliphatic heterocycles. The maximum atomic E-state index is 9.54. The second kappa shape index (κ2) is 10.6. The fourth-order valence-corrected chi connectivity index (χ4v) is 4.21. The first-order valence-corrected chi connectivity index (χ1v) is 10.8. The summed E-state index contributed by atoms with van der Waals surface area (Å²) in [5.41, 5.74) is 1.23.